The van der Waals surface area contributed by atoms with Crippen LogP contribution in [-0.2, 0) is 4.79 Å². The van der Waals surface area contributed by atoms with E-state index >= 15 is 0 Å². The zero-order valence-corrected chi connectivity index (χ0v) is 11.4. The molecule has 1 aliphatic heterocycles. The Labute approximate surface area is 113 Å². The van der Waals surface area contributed by atoms with Gasteiger partial charge in [0.2, 0.25) is 0 Å². The number of likely N-dealkylation sites (tertiary alicyclic amines) is 1. The van der Waals surface area contributed by atoms with Gasteiger partial charge in [0.05, 0.1) is 5.92 Å². The average Bonchev–Trinajstić information content (AvgIpc) is 2.76. The number of carbonyl (C=O) groups is 2. The van der Waals surface area contributed by atoms with E-state index in [4.69, 9.17) is 5.11 Å². The molecule has 0 bridgehead atoms. The third-order valence-corrected chi connectivity index (χ3v) is 4.11. The standard InChI is InChI=1S/C13H23N3O3/c1-16-7-3-4-9(8-16)14-13(19)15-11-6-2-5-10(11)12(17)18/h9-11H,2-8H2,1H3,(H,17,18)(H2,14,15,19). The lowest BCUT2D eigenvalue weighted by atomic mass is 10.0. The van der Waals surface area contributed by atoms with Crippen LogP contribution in [0, 0.1) is 5.92 Å². The molecule has 6 nitrogen and oxygen atoms in total. The Kier molecular flexibility index (Phi) is 4.63. The van der Waals surface area contributed by atoms with Gasteiger partial charge in [0, 0.05) is 18.6 Å². The van der Waals surface area contributed by atoms with Crippen molar-refractivity contribution in [1.29, 1.82) is 0 Å². The maximum atomic E-state index is 11.9. The number of carboxylic acid groups (broad SMARTS) is 1. The summed E-state index contributed by atoms with van der Waals surface area (Å²) in [5.41, 5.74) is 0. The second-order valence-corrected chi connectivity index (χ2v) is 5.70. The number of urea groups is 1. The van der Waals surface area contributed by atoms with E-state index in [1.807, 2.05) is 7.05 Å². The third-order valence-electron chi connectivity index (χ3n) is 4.11. The topological polar surface area (TPSA) is 81.7 Å². The van der Waals surface area contributed by atoms with Crippen LogP contribution < -0.4 is 10.6 Å². The molecule has 6 heteroatoms. The number of hydrogen-bond donors (Lipinski definition) is 3. The lowest BCUT2D eigenvalue weighted by molar-refractivity contribution is -0.142. The maximum Gasteiger partial charge on any atom is 0.315 e. The van der Waals surface area contributed by atoms with Crippen molar-refractivity contribution in [3.63, 3.8) is 0 Å². The molecule has 19 heavy (non-hydrogen) atoms. The van der Waals surface area contributed by atoms with Crippen molar-refractivity contribution in [1.82, 2.24) is 15.5 Å². The zero-order valence-electron chi connectivity index (χ0n) is 11.4. The van der Waals surface area contributed by atoms with Gasteiger partial charge in [-0.15, -0.1) is 0 Å². The minimum absolute atomic E-state index is 0.170. The van der Waals surface area contributed by atoms with Crippen molar-refractivity contribution >= 4 is 12.0 Å². The molecule has 1 heterocycles. The highest BCUT2D eigenvalue weighted by molar-refractivity contribution is 5.77. The Bertz CT molecular complexity index is 348. The molecule has 3 atom stereocenters. The number of piperidine rings is 1. The van der Waals surface area contributed by atoms with Crippen molar-refractivity contribution in [2.45, 2.75) is 44.2 Å². The largest absolute Gasteiger partial charge is 0.481 e. The molecule has 0 radical (unpaired) electrons. The fraction of sp³-hybridized carbons (Fsp3) is 0.846. The first-order valence-corrected chi connectivity index (χ1v) is 7.04. The van der Waals surface area contributed by atoms with Crippen LogP contribution in [0.5, 0.6) is 0 Å². The van der Waals surface area contributed by atoms with Crippen molar-refractivity contribution in [2.24, 2.45) is 5.92 Å². The molecular weight excluding hydrogens is 246 g/mol. The van der Waals surface area contributed by atoms with Gasteiger partial charge in [-0.05, 0) is 39.3 Å². The van der Waals surface area contributed by atoms with Gasteiger partial charge in [-0.3, -0.25) is 4.79 Å². The highest BCUT2D eigenvalue weighted by Crippen LogP contribution is 2.25. The van der Waals surface area contributed by atoms with Crippen LogP contribution >= 0.6 is 0 Å². The summed E-state index contributed by atoms with van der Waals surface area (Å²) in [6, 6.07) is -0.277. The molecule has 0 aromatic rings. The quantitative estimate of drug-likeness (QED) is 0.702. The van der Waals surface area contributed by atoms with Gasteiger partial charge in [-0.1, -0.05) is 6.42 Å². The van der Waals surface area contributed by atoms with E-state index in [-0.39, 0.29) is 18.1 Å². The molecule has 0 aromatic carbocycles. The Morgan fingerprint density at radius 3 is 2.63 bits per heavy atom. The van der Waals surface area contributed by atoms with Crippen molar-refractivity contribution < 1.29 is 14.7 Å². The first-order valence-electron chi connectivity index (χ1n) is 7.04. The average molecular weight is 269 g/mol. The SMILES string of the molecule is CN1CCCC(NC(=O)NC2CCCC2C(=O)O)C1. The Morgan fingerprint density at radius 2 is 1.95 bits per heavy atom. The number of carbonyl (C=O) groups excluding carboxylic acids is 1. The van der Waals surface area contributed by atoms with Crippen LogP contribution in [0.3, 0.4) is 0 Å². The van der Waals surface area contributed by atoms with E-state index in [0.717, 1.165) is 38.8 Å². The van der Waals surface area contributed by atoms with Crippen LogP contribution in [0.15, 0.2) is 0 Å². The van der Waals surface area contributed by atoms with Gasteiger partial charge in [-0.25, -0.2) is 4.79 Å². The first kappa shape index (κ1) is 14.1. The summed E-state index contributed by atoms with van der Waals surface area (Å²) in [5.74, 6) is -1.24. The third kappa shape index (κ3) is 3.83. The molecule has 2 aliphatic rings. The first-order chi connectivity index (χ1) is 9.06. The molecule has 2 amide bonds. The van der Waals surface area contributed by atoms with Crippen molar-refractivity contribution in [2.75, 3.05) is 20.1 Å². The zero-order chi connectivity index (χ0) is 13.8. The molecule has 1 aliphatic carbocycles. The van der Waals surface area contributed by atoms with Gasteiger partial charge < -0.3 is 20.6 Å². The Morgan fingerprint density at radius 1 is 1.16 bits per heavy atom. The lowest BCUT2D eigenvalue weighted by Gasteiger charge is -2.30. The number of nitrogens with zero attached hydrogens (tertiary/aromatic N) is 1. The van der Waals surface area contributed by atoms with Gasteiger partial charge >= 0.3 is 12.0 Å². The molecular formula is C13H23N3O3. The van der Waals surface area contributed by atoms with E-state index in [0.29, 0.717) is 6.42 Å². The second kappa shape index (κ2) is 6.23. The smallest absolute Gasteiger partial charge is 0.315 e. The van der Waals surface area contributed by atoms with Gasteiger partial charge in [-0.2, -0.15) is 0 Å². The minimum Gasteiger partial charge on any atom is -0.481 e. The van der Waals surface area contributed by atoms with E-state index in [1.54, 1.807) is 0 Å². The van der Waals surface area contributed by atoms with Gasteiger partial charge in [0.15, 0.2) is 0 Å². The van der Waals surface area contributed by atoms with E-state index in [9.17, 15) is 9.59 Å². The number of amides is 2. The minimum atomic E-state index is -0.805. The molecule has 0 aromatic heterocycles. The number of nitrogens with one attached hydrogen (secondary N) is 2. The highest BCUT2D eigenvalue weighted by atomic mass is 16.4. The summed E-state index contributed by atoms with van der Waals surface area (Å²) in [6.07, 6.45) is 4.36. The summed E-state index contributed by atoms with van der Waals surface area (Å²) in [6.45, 7) is 1.93. The van der Waals surface area contributed by atoms with Crippen LogP contribution in [0.4, 0.5) is 4.79 Å². The van der Waals surface area contributed by atoms with Crippen LogP contribution in [0.25, 0.3) is 0 Å². The molecule has 3 unspecified atom stereocenters. The predicted molar refractivity (Wildman–Crippen MR) is 71.0 cm³/mol. The number of carboxylic acids is 1. The number of rotatable bonds is 3. The Hall–Kier alpha value is -1.30. The maximum absolute atomic E-state index is 11.9. The fourth-order valence-corrected chi connectivity index (χ4v) is 3.11. The molecule has 3 N–H and O–H groups in total. The summed E-state index contributed by atoms with van der Waals surface area (Å²) in [7, 11) is 2.04. The van der Waals surface area contributed by atoms with E-state index in [1.165, 1.54) is 0 Å². The molecule has 1 saturated heterocycles. The summed E-state index contributed by atoms with van der Waals surface area (Å²) in [5, 5.41) is 14.8. The lowest BCUT2D eigenvalue weighted by Crippen LogP contribution is -2.52. The van der Waals surface area contributed by atoms with Crippen molar-refractivity contribution in [3.8, 4) is 0 Å². The van der Waals surface area contributed by atoms with Crippen LogP contribution in [0.1, 0.15) is 32.1 Å². The monoisotopic (exact) mass is 269 g/mol. The molecule has 0 spiro atoms. The molecule has 2 rings (SSSR count). The summed E-state index contributed by atoms with van der Waals surface area (Å²) in [4.78, 5) is 25.2. The fourth-order valence-electron chi connectivity index (χ4n) is 3.11. The predicted octanol–water partition coefficient (Wildman–Crippen LogP) is 0.633. The number of likely N-dealkylation sites (N-methyl/N-ethyl adjacent to an activating group) is 1. The molecule has 108 valence electrons. The summed E-state index contributed by atoms with van der Waals surface area (Å²) >= 11 is 0. The number of hydrogen-bond acceptors (Lipinski definition) is 3. The normalized spacial score (nSPS) is 31.9. The van der Waals surface area contributed by atoms with Crippen molar-refractivity contribution in [3.05, 3.63) is 0 Å². The van der Waals surface area contributed by atoms with E-state index < -0.39 is 11.9 Å². The highest BCUT2D eigenvalue weighted by Gasteiger charge is 2.34. The second-order valence-electron chi connectivity index (χ2n) is 5.70. The summed E-state index contributed by atoms with van der Waals surface area (Å²) < 4.78 is 0. The van der Waals surface area contributed by atoms with Gasteiger partial charge in [0.25, 0.3) is 0 Å². The molecule has 1 saturated carbocycles. The van der Waals surface area contributed by atoms with Gasteiger partial charge in [0.1, 0.15) is 0 Å². The number of aliphatic carboxylic acids is 1. The van der Waals surface area contributed by atoms with Crippen LogP contribution in [-0.4, -0.2) is 54.2 Å². The van der Waals surface area contributed by atoms with Crippen LogP contribution in [0.2, 0.25) is 0 Å². The Balaban J connectivity index is 1.79. The molecule has 2 fully saturated rings. The van der Waals surface area contributed by atoms with E-state index in [2.05, 4.69) is 15.5 Å².